The second-order valence-electron chi connectivity index (χ2n) is 10.4. The van der Waals surface area contributed by atoms with Crippen LogP contribution in [0, 0.1) is 5.92 Å². The summed E-state index contributed by atoms with van der Waals surface area (Å²) in [5.41, 5.74) is 5.37. The van der Waals surface area contributed by atoms with Gasteiger partial charge in [0.1, 0.15) is 11.8 Å². The number of fused-ring (bicyclic) bond motifs is 3. The number of esters is 1. The summed E-state index contributed by atoms with van der Waals surface area (Å²) >= 11 is 0. The molecule has 38 heavy (non-hydrogen) atoms. The van der Waals surface area contributed by atoms with Gasteiger partial charge in [-0.25, -0.2) is 0 Å². The summed E-state index contributed by atoms with van der Waals surface area (Å²) in [6, 6.07) is 10.3. The Labute approximate surface area is 222 Å². The Bertz CT molecular complexity index is 1300. The van der Waals surface area contributed by atoms with E-state index in [-0.39, 0.29) is 18.7 Å². The number of anilines is 3. The van der Waals surface area contributed by atoms with Gasteiger partial charge in [0, 0.05) is 38.8 Å². The van der Waals surface area contributed by atoms with Crippen molar-refractivity contribution < 1.29 is 23.9 Å². The lowest BCUT2D eigenvalue weighted by Crippen LogP contribution is -2.41. The number of hydrogen-bond donors (Lipinski definition) is 3. The maximum atomic E-state index is 13.2. The lowest BCUT2D eigenvalue weighted by atomic mass is 9.99. The molecule has 2 amide bonds. The molecule has 1 saturated carbocycles. The van der Waals surface area contributed by atoms with Crippen LogP contribution in [0.3, 0.4) is 0 Å². The van der Waals surface area contributed by atoms with E-state index in [4.69, 9.17) is 4.74 Å². The van der Waals surface area contributed by atoms with E-state index in [0.717, 1.165) is 18.0 Å². The standard InChI is InChI=1S/C29H34N4O5/c1-33(2)20-5-4-6-21(13-20)38-26-14-22-24(15-25(26)30-16-19-12-17-7-8-18(19)11-17)32-29(36)23(31-28(22)35)9-10-27(34)37-3/h4-6,13-15,17,23,30H,7-12,16H2,1-3H3,(H,31,35)(H,32,36)/t17?,23-/m1/s1. The quantitative estimate of drug-likeness (QED) is 0.332. The molecule has 0 spiro atoms. The van der Waals surface area contributed by atoms with Crippen molar-refractivity contribution in [2.45, 2.75) is 44.6 Å². The molecular formula is C29H34N4O5. The average molecular weight is 519 g/mol. The van der Waals surface area contributed by atoms with E-state index in [2.05, 4.69) is 20.7 Å². The molecule has 1 aliphatic heterocycles. The number of nitrogens with zero attached hydrogens (tertiary/aromatic N) is 1. The molecule has 2 bridgehead atoms. The Morgan fingerprint density at radius 3 is 2.71 bits per heavy atom. The number of carbonyl (C=O) groups excluding carboxylic acids is 3. The van der Waals surface area contributed by atoms with E-state index in [1.807, 2.05) is 43.3 Å². The Balaban J connectivity index is 1.44. The van der Waals surface area contributed by atoms with Gasteiger partial charge in [0.25, 0.3) is 5.91 Å². The summed E-state index contributed by atoms with van der Waals surface area (Å²) in [6.07, 6.45) is 4.94. The largest absolute Gasteiger partial charge is 0.469 e. The minimum Gasteiger partial charge on any atom is -0.469 e. The molecule has 9 nitrogen and oxygen atoms in total. The van der Waals surface area contributed by atoms with Gasteiger partial charge < -0.3 is 30.3 Å². The fourth-order valence-corrected chi connectivity index (χ4v) is 5.45. The number of nitrogens with one attached hydrogen (secondary N) is 3. The number of hydrogen-bond acceptors (Lipinski definition) is 7. The number of methoxy groups -OCH3 is 1. The monoisotopic (exact) mass is 518 g/mol. The second kappa shape index (κ2) is 10.8. The molecule has 3 aliphatic rings. The molecule has 2 aromatic rings. The van der Waals surface area contributed by atoms with Crippen LogP contribution in [0.15, 0.2) is 47.5 Å². The number of amides is 2. The summed E-state index contributed by atoms with van der Waals surface area (Å²) in [4.78, 5) is 39.7. The highest BCUT2D eigenvalue weighted by Gasteiger charge is 2.31. The summed E-state index contributed by atoms with van der Waals surface area (Å²) in [7, 11) is 5.21. The number of carbonyl (C=O) groups is 3. The molecule has 200 valence electrons. The van der Waals surface area contributed by atoms with Gasteiger partial charge in [0.15, 0.2) is 5.75 Å². The van der Waals surface area contributed by atoms with Crippen LogP contribution in [0.25, 0.3) is 0 Å². The van der Waals surface area contributed by atoms with Crippen molar-refractivity contribution in [1.82, 2.24) is 5.32 Å². The molecule has 1 heterocycles. The van der Waals surface area contributed by atoms with Crippen molar-refractivity contribution in [2.24, 2.45) is 5.92 Å². The van der Waals surface area contributed by atoms with Gasteiger partial charge in [-0.2, -0.15) is 0 Å². The van der Waals surface area contributed by atoms with E-state index >= 15 is 0 Å². The fraction of sp³-hybridized carbons (Fsp3) is 0.414. The molecule has 2 atom stereocenters. The third-order valence-electron chi connectivity index (χ3n) is 7.59. The average Bonchev–Trinajstić information content (AvgIpc) is 3.51. The lowest BCUT2D eigenvalue weighted by Gasteiger charge is -2.19. The molecule has 0 aromatic heterocycles. The lowest BCUT2D eigenvalue weighted by molar-refractivity contribution is -0.140. The topological polar surface area (TPSA) is 109 Å². The van der Waals surface area contributed by atoms with Crippen LogP contribution in [0.1, 0.15) is 48.9 Å². The molecule has 2 aliphatic carbocycles. The van der Waals surface area contributed by atoms with E-state index in [9.17, 15) is 14.4 Å². The molecule has 0 radical (unpaired) electrons. The molecule has 1 fully saturated rings. The zero-order valence-electron chi connectivity index (χ0n) is 22.1. The van der Waals surface area contributed by atoms with Crippen molar-refractivity contribution in [1.29, 1.82) is 0 Å². The third kappa shape index (κ3) is 5.46. The van der Waals surface area contributed by atoms with Gasteiger partial charge >= 0.3 is 5.97 Å². The van der Waals surface area contributed by atoms with E-state index in [1.54, 1.807) is 17.7 Å². The molecule has 9 heteroatoms. The Morgan fingerprint density at radius 1 is 1.16 bits per heavy atom. The SMILES string of the molecule is COC(=O)CC[C@H]1NC(=O)c2cc(Oc3cccc(N(C)C)c3)c(NCC3=C4CCC(C4)C3)cc2NC1=O. The van der Waals surface area contributed by atoms with Gasteiger partial charge in [-0.3, -0.25) is 14.4 Å². The van der Waals surface area contributed by atoms with E-state index in [1.165, 1.54) is 31.9 Å². The van der Waals surface area contributed by atoms with Crippen LogP contribution in [0.2, 0.25) is 0 Å². The van der Waals surface area contributed by atoms with Crippen molar-refractivity contribution in [3.63, 3.8) is 0 Å². The first-order chi connectivity index (χ1) is 18.3. The Hall–Kier alpha value is -4.01. The van der Waals surface area contributed by atoms with Gasteiger partial charge in [-0.05, 0) is 62.3 Å². The van der Waals surface area contributed by atoms with Crippen LogP contribution in [-0.4, -0.2) is 51.6 Å². The minimum absolute atomic E-state index is 0.0209. The van der Waals surface area contributed by atoms with Crippen LogP contribution in [-0.2, 0) is 14.3 Å². The van der Waals surface area contributed by atoms with E-state index < -0.39 is 17.9 Å². The first-order valence-electron chi connectivity index (χ1n) is 13.1. The minimum atomic E-state index is -0.854. The molecule has 3 N–H and O–H groups in total. The first kappa shape index (κ1) is 25.6. The summed E-state index contributed by atoms with van der Waals surface area (Å²) in [5.74, 6) is 0.665. The molecule has 0 saturated heterocycles. The molecule has 1 unspecified atom stereocenters. The van der Waals surface area contributed by atoms with Crippen LogP contribution in [0.5, 0.6) is 11.5 Å². The zero-order valence-corrected chi connectivity index (χ0v) is 22.1. The van der Waals surface area contributed by atoms with Crippen molar-refractivity contribution >= 4 is 34.8 Å². The van der Waals surface area contributed by atoms with Gasteiger partial charge in [-0.1, -0.05) is 17.2 Å². The first-order valence-corrected chi connectivity index (χ1v) is 13.1. The molecule has 5 rings (SSSR count). The van der Waals surface area contributed by atoms with Crippen molar-refractivity contribution in [3.8, 4) is 11.5 Å². The van der Waals surface area contributed by atoms with E-state index in [0.29, 0.717) is 35.0 Å². The Morgan fingerprint density at radius 2 is 2.00 bits per heavy atom. The van der Waals surface area contributed by atoms with Gasteiger partial charge in [0.2, 0.25) is 5.91 Å². The maximum Gasteiger partial charge on any atom is 0.305 e. The zero-order chi connectivity index (χ0) is 26.8. The predicted molar refractivity (Wildman–Crippen MR) is 146 cm³/mol. The maximum absolute atomic E-state index is 13.2. The van der Waals surface area contributed by atoms with Crippen LogP contribution >= 0.6 is 0 Å². The second-order valence-corrected chi connectivity index (χ2v) is 10.4. The van der Waals surface area contributed by atoms with Crippen molar-refractivity contribution in [2.75, 3.05) is 43.3 Å². The third-order valence-corrected chi connectivity index (χ3v) is 7.59. The fourth-order valence-electron chi connectivity index (χ4n) is 5.45. The summed E-state index contributed by atoms with van der Waals surface area (Å²) in [6.45, 7) is 0.695. The highest BCUT2D eigenvalue weighted by atomic mass is 16.5. The smallest absolute Gasteiger partial charge is 0.305 e. The summed E-state index contributed by atoms with van der Waals surface area (Å²) < 4.78 is 11.0. The van der Waals surface area contributed by atoms with Gasteiger partial charge in [-0.15, -0.1) is 0 Å². The number of ether oxygens (including phenoxy) is 2. The molecular weight excluding hydrogens is 484 g/mol. The number of allylic oxidation sites excluding steroid dienone is 1. The van der Waals surface area contributed by atoms with Gasteiger partial charge in [0.05, 0.1) is 24.0 Å². The highest BCUT2D eigenvalue weighted by Crippen LogP contribution is 2.44. The van der Waals surface area contributed by atoms with Crippen LogP contribution in [0.4, 0.5) is 17.1 Å². The predicted octanol–water partition coefficient (Wildman–Crippen LogP) is 4.46. The highest BCUT2D eigenvalue weighted by molar-refractivity contribution is 6.11. The molecule has 2 aromatic carbocycles. The normalized spacial score (nSPS) is 19.9. The number of rotatable bonds is 9. The van der Waals surface area contributed by atoms with Crippen LogP contribution < -0.4 is 25.6 Å². The van der Waals surface area contributed by atoms with Crippen molar-refractivity contribution in [3.05, 3.63) is 53.1 Å². The Kier molecular flexibility index (Phi) is 7.26. The number of benzene rings is 2. The summed E-state index contributed by atoms with van der Waals surface area (Å²) in [5, 5.41) is 9.13.